The first-order valence-electron chi connectivity index (χ1n) is 6.10. The average molecular weight is 263 g/mol. The van der Waals surface area contributed by atoms with Gasteiger partial charge in [0.15, 0.2) is 0 Å². The Kier molecular flexibility index (Phi) is 4.32. The predicted molar refractivity (Wildman–Crippen MR) is 75.8 cm³/mol. The molecule has 1 rings (SSSR count). The first-order valence-corrected chi connectivity index (χ1v) is 6.10. The highest BCUT2D eigenvalue weighted by Crippen LogP contribution is 2.22. The van der Waals surface area contributed by atoms with Gasteiger partial charge in [0.2, 0.25) is 11.8 Å². The summed E-state index contributed by atoms with van der Waals surface area (Å²) >= 11 is 0. The van der Waals surface area contributed by atoms with Crippen molar-refractivity contribution in [3.8, 4) is 0 Å². The summed E-state index contributed by atoms with van der Waals surface area (Å²) in [4.78, 5) is 23.3. The average Bonchev–Trinajstić information content (AvgIpc) is 2.29. The molecule has 0 spiro atoms. The molecule has 5 N–H and O–H groups in total. The van der Waals surface area contributed by atoms with Gasteiger partial charge in [0.05, 0.1) is 6.04 Å². The normalized spacial score (nSPS) is 12.9. The first-order chi connectivity index (χ1) is 8.64. The molecule has 0 aliphatic heterocycles. The lowest BCUT2D eigenvalue weighted by atomic mass is 9.87. The van der Waals surface area contributed by atoms with Crippen LogP contribution < -0.4 is 16.8 Å². The molecule has 0 bridgehead atoms. The van der Waals surface area contributed by atoms with E-state index in [1.54, 1.807) is 25.1 Å². The number of nitrogens with two attached hydrogens (primary N) is 2. The molecule has 0 fully saturated rings. The van der Waals surface area contributed by atoms with Crippen LogP contribution in [-0.4, -0.2) is 17.9 Å². The predicted octanol–water partition coefficient (Wildman–Crippen LogP) is 1.41. The van der Waals surface area contributed by atoms with Crippen LogP contribution in [0.25, 0.3) is 0 Å². The van der Waals surface area contributed by atoms with Gasteiger partial charge in [0.1, 0.15) is 0 Å². The van der Waals surface area contributed by atoms with E-state index in [0.717, 1.165) is 0 Å². The van der Waals surface area contributed by atoms with E-state index in [1.165, 1.54) is 0 Å². The summed E-state index contributed by atoms with van der Waals surface area (Å²) in [5.41, 5.74) is 12.4. The van der Waals surface area contributed by atoms with Crippen molar-refractivity contribution < 1.29 is 9.59 Å². The van der Waals surface area contributed by atoms with E-state index >= 15 is 0 Å². The Bertz CT molecular complexity index is 504. The summed E-state index contributed by atoms with van der Waals surface area (Å²) < 4.78 is 0. The minimum absolute atomic E-state index is 0.280. The molecule has 104 valence electrons. The number of hydrogen-bond acceptors (Lipinski definition) is 3. The van der Waals surface area contributed by atoms with E-state index in [-0.39, 0.29) is 11.3 Å². The molecule has 19 heavy (non-hydrogen) atoms. The quantitative estimate of drug-likeness (QED) is 0.768. The van der Waals surface area contributed by atoms with Gasteiger partial charge in [0, 0.05) is 11.3 Å². The van der Waals surface area contributed by atoms with Crippen LogP contribution >= 0.6 is 0 Å². The molecular formula is C14H21N3O2. The Morgan fingerprint density at radius 1 is 1.26 bits per heavy atom. The number of carbonyl (C=O) groups is 2. The number of amides is 2. The lowest BCUT2D eigenvalue weighted by Crippen LogP contribution is -2.45. The van der Waals surface area contributed by atoms with Crippen molar-refractivity contribution in [2.24, 2.45) is 16.9 Å². The SMILES string of the molecule is Cc1c(NC(=O)C(N)C(C)(C)C)cccc1C(N)=O. The Morgan fingerprint density at radius 3 is 2.32 bits per heavy atom. The van der Waals surface area contributed by atoms with E-state index in [2.05, 4.69) is 5.32 Å². The third kappa shape index (κ3) is 3.54. The Hall–Kier alpha value is -1.88. The highest BCUT2D eigenvalue weighted by atomic mass is 16.2. The fraction of sp³-hybridized carbons (Fsp3) is 0.429. The maximum absolute atomic E-state index is 12.0. The van der Waals surface area contributed by atoms with Crippen molar-refractivity contribution >= 4 is 17.5 Å². The zero-order chi connectivity index (χ0) is 14.8. The van der Waals surface area contributed by atoms with E-state index in [4.69, 9.17) is 11.5 Å². The van der Waals surface area contributed by atoms with Crippen LogP contribution in [0, 0.1) is 12.3 Å². The Balaban J connectivity index is 2.98. The number of carbonyl (C=O) groups excluding carboxylic acids is 2. The van der Waals surface area contributed by atoms with Gasteiger partial charge < -0.3 is 16.8 Å². The molecule has 0 saturated carbocycles. The standard InChI is InChI=1S/C14H21N3O2/c1-8-9(12(16)18)6-5-7-10(8)17-13(19)11(15)14(2,3)4/h5-7,11H,15H2,1-4H3,(H2,16,18)(H,17,19). The molecule has 0 aromatic heterocycles. The molecule has 1 aromatic rings. The second kappa shape index (κ2) is 5.40. The number of hydrogen-bond donors (Lipinski definition) is 3. The van der Waals surface area contributed by atoms with Crippen LogP contribution in [0.15, 0.2) is 18.2 Å². The van der Waals surface area contributed by atoms with E-state index in [9.17, 15) is 9.59 Å². The lowest BCUT2D eigenvalue weighted by Gasteiger charge is -2.26. The largest absolute Gasteiger partial charge is 0.366 e. The third-order valence-corrected chi connectivity index (χ3v) is 3.07. The molecule has 1 atom stereocenters. The Labute approximate surface area is 113 Å². The summed E-state index contributed by atoms with van der Waals surface area (Å²) in [7, 11) is 0. The van der Waals surface area contributed by atoms with Crippen LogP contribution in [-0.2, 0) is 4.79 Å². The highest BCUT2D eigenvalue weighted by Gasteiger charge is 2.27. The van der Waals surface area contributed by atoms with Crippen molar-refractivity contribution in [1.29, 1.82) is 0 Å². The molecular weight excluding hydrogens is 242 g/mol. The summed E-state index contributed by atoms with van der Waals surface area (Å²) in [6.45, 7) is 7.41. The fourth-order valence-electron chi connectivity index (χ4n) is 1.64. The second-order valence-electron chi connectivity index (χ2n) is 5.68. The maximum atomic E-state index is 12.0. The zero-order valence-corrected chi connectivity index (χ0v) is 11.8. The molecule has 1 aromatic carbocycles. The van der Waals surface area contributed by atoms with E-state index in [1.807, 2.05) is 20.8 Å². The van der Waals surface area contributed by atoms with Crippen LogP contribution in [0.4, 0.5) is 5.69 Å². The summed E-state index contributed by atoms with van der Waals surface area (Å²) in [6.07, 6.45) is 0. The molecule has 1 unspecified atom stereocenters. The summed E-state index contributed by atoms with van der Waals surface area (Å²) in [5, 5.41) is 2.74. The number of nitrogens with one attached hydrogen (secondary N) is 1. The Morgan fingerprint density at radius 2 is 1.84 bits per heavy atom. The zero-order valence-electron chi connectivity index (χ0n) is 11.8. The molecule has 0 radical (unpaired) electrons. The number of benzene rings is 1. The van der Waals surface area contributed by atoms with Gasteiger partial charge in [-0.3, -0.25) is 9.59 Å². The molecule has 2 amide bonds. The molecule has 0 saturated heterocycles. The second-order valence-corrected chi connectivity index (χ2v) is 5.68. The maximum Gasteiger partial charge on any atom is 0.249 e. The van der Waals surface area contributed by atoms with Gasteiger partial charge in [-0.15, -0.1) is 0 Å². The van der Waals surface area contributed by atoms with Crippen molar-refractivity contribution in [3.63, 3.8) is 0 Å². The van der Waals surface area contributed by atoms with Crippen molar-refractivity contribution in [2.45, 2.75) is 33.7 Å². The molecule has 5 nitrogen and oxygen atoms in total. The third-order valence-electron chi connectivity index (χ3n) is 3.07. The van der Waals surface area contributed by atoms with Crippen LogP contribution in [0.5, 0.6) is 0 Å². The van der Waals surface area contributed by atoms with Gasteiger partial charge in [-0.1, -0.05) is 26.8 Å². The van der Waals surface area contributed by atoms with Crippen LogP contribution in [0.2, 0.25) is 0 Å². The summed E-state index contributed by atoms with van der Waals surface area (Å²) in [6, 6.07) is 4.38. The summed E-state index contributed by atoms with van der Waals surface area (Å²) in [5.74, 6) is -0.800. The number of primary amides is 1. The number of rotatable bonds is 3. The topological polar surface area (TPSA) is 98.2 Å². The van der Waals surface area contributed by atoms with Crippen molar-refractivity contribution in [2.75, 3.05) is 5.32 Å². The van der Waals surface area contributed by atoms with Gasteiger partial charge in [-0.2, -0.15) is 0 Å². The lowest BCUT2D eigenvalue weighted by molar-refractivity contribution is -0.119. The van der Waals surface area contributed by atoms with Crippen LogP contribution in [0.1, 0.15) is 36.7 Å². The highest BCUT2D eigenvalue weighted by molar-refractivity contribution is 6.00. The minimum atomic E-state index is -0.635. The van der Waals surface area contributed by atoms with Crippen LogP contribution in [0.3, 0.4) is 0 Å². The molecule has 5 heteroatoms. The van der Waals surface area contributed by atoms with E-state index < -0.39 is 11.9 Å². The van der Waals surface area contributed by atoms with Gasteiger partial charge in [0.25, 0.3) is 0 Å². The van der Waals surface area contributed by atoms with Crippen molar-refractivity contribution in [3.05, 3.63) is 29.3 Å². The van der Waals surface area contributed by atoms with Gasteiger partial charge in [-0.05, 0) is 30.0 Å². The molecule has 0 heterocycles. The molecule has 0 aliphatic carbocycles. The van der Waals surface area contributed by atoms with Gasteiger partial charge >= 0.3 is 0 Å². The van der Waals surface area contributed by atoms with Crippen molar-refractivity contribution in [1.82, 2.24) is 0 Å². The monoisotopic (exact) mass is 263 g/mol. The molecule has 0 aliphatic rings. The van der Waals surface area contributed by atoms with E-state index in [0.29, 0.717) is 16.8 Å². The van der Waals surface area contributed by atoms with Gasteiger partial charge in [-0.25, -0.2) is 0 Å². The smallest absolute Gasteiger partial charge is 0.249 e. The first kappa shape index (κ1) is 15.2. The fourth-order valence-corrected chi connectivity index (χ4v) is 1.64. The minimum Gasteiger partial charge on any atom is -0.366 e. The number of anilines is 1.